The molecule has 3 heteroatoms. The molecular formula is C9H9ClN2. The average molecular weight is 181 g/mol. The lowest BCUT2D eigenvalue weighted by Gasteiger charge is -1.96. The summed E-state index contributed by atoms with van der Waals surface area (Å²) < 4.78 is 2.05. The molecule has 0 radical (unpaired) electrons. The Bertz CT molecular complexity index is 431. The Morgan fingerprint density at radius 1 is 1.42 bits per heavy atom. The van der Waals surface area contributed by atoms with Crippen molar-refractivity contribution in [3.63, 3.8) is 0 Å². The van der Waals surface area contributed by atoms with Gasteiger partial charge in [0.05, 0.1) is 5.02 Å². The molecule has 0 N–H and O–H groups in total. The fourth-order valence-electron chi connectivity index (χ4n) is 1.32. The zero-order valence-electron chi connectivity index (χ0n) is 7.00. The standard InChI is InChI=1S/C9H9ClN2/c1-6-3-7-4-8(10)5-11-9(7)12(6)2/h3-5H,1-2H3. The van der Waals surface area contributed by atoms with Gasteiger partial charge in [-0.3, -0.25) is 0 Å². The van der Waals surface area contributed by atoms with Crippen molar-refractivity contribution in [2.75, 3.05) is 0 Å². The molecule has 2 heterocycles. The van der Waals surface area contributed by atoms with Crippen LogP contribution in [0.1, 0.15) is 5.69 Å². The SMILES string of the molecule is Cc1cc2cc(Cl)cnc2n1C. The summed E-state index contributed by atoms with van der Waals surface area (Å²) in [6.45, 7) is 2.05. The van der Waals surface area contributed by atoms with E-state index in [2.05, 4.69) is 18.0 Å². The third kappa shape index (κ3) is 0.994. The van der Waals surface area contributed by atoms with Crippen molar-refractivity contribution in [2.24, 2.45) is 7.05 Å². The monoisotopic (exact) mass is 180 g/mol. The van der Waals surface area contributed by atoms with E-state index >= 15 is 0 Å². The maximum Gasteiger partial charge on any atom is 0.139 e. The summed E-state index contributed by atoms with van der Waals surface area (Å²) >= 11 is 5.81. The van der Waals surface area contributed by atoms with Crippen LogP contribution >= 0.6 is 11.6 Å². The largest absolute Gasteiger partial charge is 0.333 e. The molecule has 2 rings (SSSR count). The third-order valence-electron chi connectivity index (χ3n) is 2.07. The van der Waals surface area contributed by atoms with Crippen molar-refractivity contribution in [3.8, 4) is 0 Å². The van der Waals surface area contributed by atoms with Gasteiger partial charge in [0.15, 0.2) is 0 Å². The van der Waals surface area contributed by atoms with Gasteiger partial charge >= 0.3 is 0 Å². The lowest BCUT2D eigenvalue weighted by Crippen LogP contribution is -1.90. The van der Waals surface area contributed by atoms with Crippen LogP contribution in [0.25, 0.3) is 11.0 Å². The van der Waals surface area contributed by atoms with Gasteiger partial charge in [0.2, 0.25) is 0 Å². The highest BCUT2D eigenvalue weighted by Gasteiger charge is 2.02. The van der Waals surface area contributed by atoms with Crippen LogP contribution in [-0.2, 0) is 7.05 Å². The summed E-state index contributed by atoms with van der Waals surface area (Å²) in [4.78, 5) is 4.23. The fraction of sp³-hybridized carbons (Fsp3) is 0.222. The van der Waals surface area contributed by atoms with E-state index in [1.54, 1.807) is 6.20 Å². The minimum atomic E-state index is 0.688. The molecule has 0 aliphatic rings. The van der Waals surface area contributed by atoms with Crippen molar-refractivity contribution in [2.45, 2.75) is 6.92 Å². The van der Waals surface area contributed by atoms with Gasteiger partial charge in [-0.2, -0.15) is 0 Å². The zero-order valence-corrected chi connectivity index (χ0v) is 7.76. The van der Waals surface area contributed by atoms with Crippen LogP contribution in [0.15, 0.2) is 18.3 Å². The van der Waals surface area contributed by atoms with E-state index in [-0.39, 0.29) is 0 Å². The normalized spacial score (nSPS) is 10.9. The first kappa shape index (κ1) is 7.62. The number of hydrogen-bond donors (Lipinski definition) is 0. The van der Waals surface area contributed by atoms with Crippen LogP contribution in [-0.4, -0.2) is 9.55 Å². The van der Waals surface area contributed by atoms with Gasteiger partial charge in [0.25, 0.3) is 0 Å². The predicted octanol–water partition coefficient (Wildman–Crippen LogP) is 2.54. The van der Waals surface area contributed by atoms with E-state index in [0.29, 0.717) is 5.02 Å². The number of aromatic nitrogens is 2. The highest BCUT2D eigenvalue weighted by Crippen LogP contribution is 2.19. The van der Waals surface area contributed by atoms with Crippen molar-refractivity contribution in [1.82, 2.24) is 9.55 Å². The molecule has 0 amide bonds. The van der Waals surface area contributed by atoms with Gasteiger partial charge in [0.1, 0.15) is 5.65 Å². The van der Waals surface area contributed by atoms with Crippen molar-refractivity contribution >= 4 is 22.6 Å². The molecule has 0 atom stereocenters. The van der Waals surface area contributed by atoms with Gasteiger partial charge in [0, 0.05) is 24.3 Å². The zero-order chi connectivity index (χ0) is 8.72. The Balaban J connectivity index is 2.87. The molecule has 12 heavy (non-hydrogen) atoms. The number of aryl methyl sites for hydroxylation is 2. The molecule has 0 aliphatic carbocycles. The summed E-state index contributed by atoms with van der Waals surface area (Å²) in [5.74, 6) is 0. The van der Waals surface area contributed by atoms with Gasteiger partial charge in [-0.05, 0) is 19.1 Å². The molecule has 62 valence electrons. The third-order valence-corrected chi connectivity index (χ3v) is 2.28. The summed E-state index contributed by atoms with van der Waals surface area (Å²) in [6, 6.07) is 4.01. The van der Waals surface area contributed by atoms with E-state index in [1.807, 2.05) is 17.7 Å². The summed E-state index contributed by atoms with van der Waals surface area (Å²) in [5.41, 5.74) is 2.18. The number of hydrogen-bond acceptors (Lipinski definition) is 1. The molecule has 2 nitrogen and oxygen atoms in total. The Hall–Kier alpha value is -1.02. The van der Waals surface area contributed by atoms with E-state index in [0.717, 1.165) is 11.0 Å². The Labute approximate surface area is 75.8 Å². The smallest absolute Gasteiger partial charge is 0.139 e. The molecule has 0 unspecified atom stereocenters. The van der Waals surface area contributed by atoms with E-state index in [9.17, 15) is 0 Å². The number of nitrogens with zero attached hydrogens (tertiary/aromatic N) is 2. The molecule has 0 fully saturated rings. The van der Waals surface area contributed by atoms with E-state index < -0.39 is 0 Å². The van der Waals surface area contributed by atoms with Gasteiger partial charge in [-0.25, -0.2) is 4.98 Å². The van der Waals surface area contributed by atoms with E-state index in [4.69, 9.17) is 11.6 Å². The average Bonchev–Trinajstić information content (AvgIpc) is 2.28. The summed E-state index contributed by atoms with van der Waals surface area (Å²) in [5, 5.41) is 1.79. The van der Waals surface area contributed by atoms with Crippen molar-refractivity contribution < 1.29 is 0 Å². The maximum absolute atomic E-state index is 5.81. The van der Waals surface area contributed by atoms with Crippen LogP contribution in [0.5, 0.6) is 0 Å². The van der Waals surface area contributed by atoms with Crippen LogP contribution in [0.2, 0.25) is 5.02 Å². The van der Waals surface area contributed by atoms with Gasteiger partial charge in [-0.1, -0.05) is 11.6 Å². The quantitative estimate of drug-likeness (QED) is 0.609. The topological polar surface area (TPSA) is 17.8 Å². The number of rotatable bonds is 0. The summed E-state index contributed by atoms with van der Waals surface area (Å²) in [6.07, 6.45) is 1.67. The summed E-state index contributed by atoms with van der Waals surface area (Å²) in [7, 11) is 2.00. The van der Waals surface area contributed by atoms with E-state index in [1.165, 1.54) is 5.69 Å². The highest BCUT2D eigenvalue weighted by molar-refractivity contribution is 6.31. The second-order valence-corrected chi connectivity index (χ2v) is 3.35. The molecule has 0 bridgehead atoms. The number of fused-ring (bicyclic) bond motifs is 1. The minimum absolute atomic E-state index is 0.688. The lowest BCUT2D eigenvalue weighted by molar-refractivity contribution is 0.902. The first-order chi connectivity index (χ1) is 5.68. The van der Waals surface area contributed by atoms with Crippen molar-refractivity contribution in [1.29, 1.82) is 0 Å². The second kappa shape index (κ2) is 2.49. The first-order valence-corrected chi connectivity index (χ1v) is 4.14. The molecular weight excluding hydrogens is 172 g/mol. The first-order valence-electron chi connectivity index (χ1n) is 3.76. The molecule has 0 saturated heterocycles. The lowest BCUT2D eigenvalue weighted by atomic mass is 10.3. The Morgan fingerprint density at radius 3 is 2.92 bits per heavy atom. The Kier molecular flexibility index (Phi) is 1.58. The molecule has 2 aromatic rings. The fourth-order valence-corrected chi connectivity index (χ4v) is 1.49. The Morgan fingerprint density at radius 2 is 2.17 bits per heavy atom. The van der Waals surface area contributed by atoms with Gasteiger partial charge < -0.3 is 4.57 Å². The molecule has 0 spiro atoms. The number of halogens is 1. The van der Waals surface area contributed by atoms with Crippen LogP contribution < -0.4 is 0 Å². The van der Waals surface area contributed by atoms with Gasteiger partial charge in [-0.15, -0.1) is 0 Å². The molecule has 2 aromatic heterocycles. The second-order valence-electron chi connectivity index (χ2n) is 2.91. The van der Waals surface area contributed by atoms with Crippen LogP contribution in [0.3, 0.4) is 0 Å². The molecule has 0 saturated carbocycles. The van der Waals surface area contributed by atoms with Crippen LogP contribution in [0, 0.1) is 6.92 Å². The number of pyridine rings is 1. The molecule has 0 aromatic carbocycles. The minimum Gasteiger partial charge on any atom is -0.333 e. The highest BCUT2D eigenvalue weighted by atomic mass is 35.5. The van der Waals surface area contributed by atoms with Crippen LogP contribution in [0.4, 0.5) is 0 Å². The maximum atomic E-state index is 5.81. The van der Waals surface area contributed by atoms with Crippen molar-refractivity contribution in [3.05, 3.63) is 29.0 Å². The predicted molar refractivity (Wildman–Crippen MR) is 50.5 cm³/mol. The molecule has 0 aliphatic heterocycles.